The average Bonchev–Trinajstić information content (AvgIpc) is 3.36. The Hall–Kier alpha value is -3.46. The number of hydrogen-bond acceptors (Lipinski definition) is 4. The highest BCUT2D eigenvalue weighted by atomic mass is 35.5. The number of aryl methyl sites for hydroxylation is 1. The van der Waals surface area contributed by atoms with Crippen LogP contribution >= 0.6 is 23.2 Å². The number of likely N-dealkylation sites (tertiary alicyclic amines) is 1. The lowest BCUT2D eigenvalue weighted by Crippen LogP contribution is -2.53. The third-order valence-corrected chi connectivity index (χ3v) is 10.2. The predicted molar refractivity (Wildman–Crippen MR) is 153 cm³/mol. The standard InChI is InChI=1S/C31H25Cl2FN4O3/c1-14-17(29(39)40)8-9-18-23-12-24-28(38(23)36-27(14)18)25(19-3-2-4-21(33)26(19)34)31(37(24)13-15-5-6-15)20-10-7-16(32)11-22(20)35-30(31)41/h2-4,7-11,15,24-25,28H,5-6,12-13H2,1H3,(H,35,41)(H,39,40)/t24-,25?,28+,31+/m0/s1. The summed E-state index contributed by atoms with van der Waals surface area (Å²) in [4.78, 5) is 28.6. The number of fused-ring (bicyclic) bond motifs is 7. The summed E-state index contributed by atoms with van der Waals surface area (Å²) in [5, 5.41) is 19.2. The van der Waals surface area contributed by atoms with Crippen LogP contribution in [0.4, 0.5) is 10.1 Å². The fourth-order valence-electron chi connectivity index (χ4n) is 7.78. The Morgan fingerprint density at radius 1 is 1.20 bits per heavy atom. The van der Waals surface area contributed by atoms with Gasteiger partial charge in [0, 0.05) is 52.3 Å². The fraction of sp³-hybridized carbons (Fsp3) is 0.323. The van der Waals surface area contributed by atoms with Gasteiger partial charge in [0.05, 0.1) is 22.1 Å². The van der Waals surface area contributed by atoms with Crippen LogP contribution < -0.4 is 5.32 Å². The molecule has 208 valence electrons. The Bertz CT molecular complexity index is 1840. The van der Waals surface area contributed by atoms with Crippen LogP contribution in [-0.4, -0.2) is 44.3 Å². The number of carbonyl (C=O) groups excluding carboxylic acids is 1. The minimum absolute atomic E-state index is 0.00429. The van der Waals surface area contributed by atoms with Crippen LogP contribution in [0.15, 0.2) is 48.5 Å². The Kier molecular flexibility index (Phi) is 5.26. The Morgan fingerprint density at radius 3 is 2.76 bits per heavy atom. The first-order chi connectivity index (χ1) is 19.7. The molecule has 10 heteroatoms. The van der Waals surface area contributed by atoms with Crippen molar-refractivity contribution in [2.45, 2.75) is 49.7 Å². The van der Waals surface area contributed by atoms with Crippen LogP contribution in [0.3, 0.4) is 0 Å². The van der Waals surface area contributed by atoms with Gasteiger partial charge in [0.15, 0.2) is 0 Å². The molecule has 0 bridgehead atoms. The first kappa shape index (κ1) is 25.3. The van der Waals surface area contributed by atoms with E-state index in [1.807, 2.05) is 16.8 Å². The summed E-state index contributed by atoms with van der Waals surface area (Å²) in [5.74, 6) is -1.98. The number of carboxylic acids is 1. The van der Waals surface area contributed by atoms with Crippen LogP contribution in [0.5, 0.6) is 0 Å². The molecule has 4 aliphatic rings. The minimum Gasteiger partial charge on any atom is -0.478 e. The number of benzene rings is 3. The van der Waals surface area contributed by atoms with Crippen molar-refractivity contribution in [3.8, 4) is 0 Å². The molecule has 1 aromatic heterocycles. The summed E-state index contributed by atoms with van der Waals surface area (Å²) in [7, 11) is 0. The van der Waals surface area contributed by atoms with Crippen molar-refractivity contribution in [1.29, 1.82) is 0 Å². The van der Waals surface area contributed by atoms with E-state index in [1.54, 1.807) is 37.3 Å². The van der Waals surface area contributed by atoms with Crippen molar-refractivity contribution in [1.82, 2.24) is 14.7 Å². The van der Waals surface area contributed by atoms with Crippen LogP contribution in [0.25, 0.3) is 10.9 Å². The molecule has 41 heavy (non-hydrogen) atoms. The highest BCUT2D eigenvalue weighted by molar-refractivity contribution is 6.31. The van der Waals surface area contributed by atoms with Crippen molar-refractivity contribution in [2.75, 3.05) is 11.9 Å². The fourth-order valence-corrected chi connectivity index (χ4v) is 8.13. The average molecular weight is 591 g/mol. The molecule has 3 aliphatic heterocycles. The van der Waals surface area contributed by atoms with Gasteiger partial charge in [-0.2, -0.15) is 5.10 Å². The van der Waals surface area contributed by atoms with Gasteiger partial charge < -0.3 is 10.4 Å². The molecule has 1 spiro atoms. The van der Waals surface area contributed by atoms with Crippen molar-refractivity contribution in [2.24, 2.45) is 5.92 Å². The maximum atomic E-state index is 16.1. The van der Waals surface area contributed by atoms with E-state index in [0.717, 1.165) is 29.5 Å². The highest BCUT2D eigenvalue weighted by Gasteiger charge is 2.69. The lowest BCUT2D eigenvalue weighted by atomic mass is 9.73. The van der Waals surface area contributed by atoms with Gasteiger partial charge in [0.2, 0.25) is 5.91 Å². The number of carboxylic acid groups (broad SMARTS) is 1. The first-order valence-corrected chi connectivity index (χ1v) is 14.5. The Labute approximate surface area is 244 Å². The molecular weight excluding hydrogens is 566 g/mol. The van der Waals surface area contributed by atoms with Gasteiger partial charge in [-0.3, -0.25) is 14.4 Å². The number of amides is 1. The van der Waals surface area contributed by atoms with Crippen molar-refractivity contribution in [3.05, 3.63) is 92.3 Å². The third-order valence-electron chi connectivity index (χ3n) is 9.64. The number of carbonyl (C=O) groups is 2. The molecule has 7 nitrogen and oxygen atoms in total. The lowest BCUT2D eigenvalue weighted by Gasteiger charge is -2.40. The number of nitrogens with zero attached hydrogens (tertiary/aromatic N) is 3. The largest absolute Gasteiger partial charge is 0.478 e. The second-order valence-corrected chi connectivity index (χ2v) is 12.6. The van der Waals surface area contributed by atoms with Gasteiger partial charge in [-0.15, -0.1) is 0 Å². The zero-order valence-electron chi connectivity index (χ0n) is 22.0. The molecule has 3 aromatic carbocycles. The molecule has 4 heterocycles. The molecule has 1 aliphatic carbocycles. The maximum Gasteiger partial charge on any atom is 0.336 e. The SMILES string of the molecule is Cc1c(C(=O)O)ccc2c3n(nc12)[C@H]1C(c2cccc(Cl)c2F)[C@]2(C(=O)Nc4cc(Cl)ccc42)N(CC2CC2)[C@H]1C3. The minimum atomic E-state index is -1.21. The second kappa shape index (κ2) is 8.53. The van der Waals surface area contributed by atoms with Gasteiger partial charge in [-0.1, -0.05) is 47.5 Å². The maximum absolute atomic E-state index is 16.1. The summed E-state index contributed by atoms with van der Waals surface area (Å²) in [5.41, 5.74) is 2.91. The zero-order valence-corrected chi connectivity index (χ0v) is 23.5. The number of halogens is 3. The van der Waals surface area contributed by atoms with Crippen LogP contribution in [0, 0.1) is 18.7 Å². The summed E-state index contributed by atoms with van der Waals surface area (Å²) in [6.07, 6.45) is 2.76. The summed E-state index contributed by atoms with van der Waals surface area (Å²) < 4.78 is 18.0. The lowest BCUT2D eigenvalue weighted by molar-refractivity contribution is -0.128. The van der Waals surface area contributed by atoms with E-state index in [1.165, 1.54) is 6.07 Å². The summed E-state index contributed by atoms with van der Waals surface area (Å²) in [6, 6.07) is 13.3. The monoisotopic (exact) mass is 590 g/mol. The molecule has 2 fully saturated rings. The van der Waals surface area contributed by atoms with E-state index < -0.39 is 29.3 Å². The number of aromatic nitrogens is 2. The Morgan fingerprint density at radius 2 is 2.00 bits per heavy atom. The van der Waals surface area contributed by atoms with E-state index in [4.69, 9.17) is 28.3 Å². The second-order valence-electron chi connectivity index (χ2n) is 11.7. The van der Waals surface area contributed by atoms with E-state index in [2.05, 4.69) is 10.2 Å². The topological polar surface area (TPSA) is 87.5 Å². The molecular formula is C31H25Cl2FN4O3. The van der Waals surface area contributed by atoms with Crippen molar-refractivity contribution >= 4 is 51.7 Å². The van der Waals surface area contributed by atoms with Crippen LogP contribution in [0.1, 0.15) is 57.5 Å². The van der Waals surface area contributed by atoms with Gasteiger partial charge in [0.25, 0.3) is 0 Å². The van der Waals surface area contributed by atoms with Gasteiger partial charge in [-0.05, 0) is 61.1 Å². The molecule has 8 rings (SSSR count). The van der Waals surface area contributed by atoms with Gasteiger partial charge in [0.1, 0.15) is 11.4 Å². The number of nitrogens with one attached hydrogen (secondary N) is 1. The molecule has 1 saturated heterocycles. The highest BCUT2D eigenvalue weighted by Crippen LogP contribution is 2.64. The molecule has 4 atom stereocenters. The summed E-state index contributed by atoms with van der Waals surface area (Å²) in [6.45, 7) is 2.46. The van der Waals surface area contributed by atoms with E-state index >= 15 is 4.39 Å². The predicted octanol–water partition coefficient (Wildman–Crippen LogP) is 6.31. The molecule has 2 N–H and O–H groups in total. The third kappa shape index (κ3) is 3.27. The molecule has 1 saturated carbocycles. The van der Waals surface area contributed by atoms with E-state index in [-0.39, 0.29) is 22.5 Å². The van der Waals surface area contributed by atoms with Crippen LogP contribution in [-0.2, 0) is 16.8 Å². The first-order valence-electron chi connectivity index (χ1n) is 13.8. The molecule has 1 unspecified atom stereocenters. The van der Waals surface area contributed by atoms with E-state index in [9.17, 15) is 14.7 Å². The van der Waals surface area contributed by atoms with Crippen LogP contribution in [0.2, 0.25) is 10.0 Å². The zero-order chi connectivity index (χ0) is 28.4. The number of hydrogen-bond donors (Lipinski definition) is 2. The Balaban J connectivity index is 1.43. The molecule has 4 aromatic rings. The van der Waals surface area contributed by atoms with Crippen molar-refractivity contribution < 1.29 is 19.1 Å². The summed E-state index contributed by atoms with van der Waals surface area (Å²) >= 11 is 12.7. The quantitative estimate of drug-likeness (QED) is 0.291. The van der Waals surface area contributed by atoms with Gasteiger partial charge >= 0.3 is 5.97 Å². The molecule has 0 radical (unpaired) electrons. The van der Waals surface area contributed by atoms with E-state index in [0.29, 0.717) is 46.2 Å². The smallest absolute Gasteiger partial charge is 0.336 e. The number of rotatable bonds is 4. The van der Waals surface area contributed by atoms with Gasteiger partial charge in [-0.25, -0.2) is 9.18 Å². The van der Waals surface area contributed by atoms with Crippen molar-refractivity contribution in [3.63, 3.8) is 0 Å². The normalized spacial score (nSPS) is 26.4. The molecule has 1 amide bonds. The number of aromatic carboxylic acids is 1. The number of anilines is 1.